The summed E-state index contributed by atoms with van der Waals surface area (Å²) in [7, 11) is 1.29. The summed E-state index contributed by atoms with van der Waals surface area (Å²) in [5.74, 6) is -7.75. The lowest BCUT2D eigenvalue weighted by Gasteiger charge is -2.16. The van der Waals surface area contributed by atoms with E-state index < -0.39 is 23.6 Å². The molecule has 1 aromatic rings. The number of ketones is 1. The third kappa shape index (κ3) is 1.97. The number of alkyl halides is 5. The summed E-state index contributed by atoms with van der Waals surface area (Å²) in [6.07, 6.45) is -4.80. The van der Waals surface area contributed by atoms with Crippen LogP contribution in [0.25, 0.3) is 0 Å². The molecule has 1 heterocycles. The number of rotatable bonds is 2. The standard InChI is InChI=1S/C7H5F5N2O/c1-14-3-2-4(13-14)5(15)6(8,9)7(10,11)12/h2-3H,1H3. The number of carbonyl (C=O) groups is 1. The Balaban J connectivity index is 3.05. The number of aryl methyl sites for hydroxylation is 1. The fraction of sp³-hybridized carbons (Fsp3) is 0.429. The highest BCUT2D eigenvalue weighted by molar-refractivity contribution is 6.00. The van der Waals surface area contributed by atoms with Gasteiger partial charge >= 0.3 is 12.1 Å². The van der Waals surface area contributed by atoms with Gasteiger partial charge in [0.2, 0.25) is 0 Å². The van der Waals surface area contributed by atoms with Crippen molar-refractivity contribution in [3.63, 3.8) is 0 Å². The van der Waals surface area contributed by atoms with Crippen LogP contribution in [0.15, 0.2) is 12.3 Å². The van der Waals surface area contributed by atoms with E-state index in [1.54, 1.807) is 0 Å². The first-order valence-electron chi connectivity index (χ1n) is 3.65. The Labute approximate surface area is 80.5 Å². The average Bonchev–Trinajstić information content (AvgIpc) is 2.48. The molecule has 0 radical (unpaired) electrons. The molecule has 1 rings (SSSR count). The normalized spacial score (nSPS) is 12.9. The molecule has 15 heavy (non-hydrogen) atoms. The van der Waals surface area contributed by atoms with Gasteiger partial charge in [-0.05, 0) is 6.07 Å². The Morgan fingerprint density at radius 3 is 2.20 bits per heavy atom. The van der Waals surface area contributed by atoms with Crippen LogP contribution in [0.4, 0.5) is 22.0 Å². The molecule has 8 heteroatoms. The summed E-state index contributed by atoms with van der Waals surface area (Å²) in [6.45, 7) is 0. The maximum atomic E-state index is 12.5. The quantitative estimate of drug-likeness (QED) is 0.571. The first-order valence-corrected chi connectivity index (χ1v) is 3.65. The van der Waals surface area contributed by atoms with Crippen molar-refractivity contribution in [1.82, 2.24) is 9.78 Å². The maximum absolute atomic E-state index is 12.5. The minimum absolute atomic E-state index is 0.794. The van der Waals surface area contributed by atoms with Crippen molar-refractivity contribution in [2.75, 3.05) is 0 Å². The number of aromatic nitrogens is 2. The van der Waals surface area contributed by atoms with Crippen LogP contribution in [0.1, 0.15) is 10.5 Å². The Kier molecular flexibility index (Phi) is 2.54. The summed E-state index contributed by atoms with van der Waals surface area (Å²) < 4.78 is 61.3. The highest BCUT2D eigenvalue weighted by atomic mass is 19.4. The first-order chi connectivity index (χ1) is 6.66. The molecule has 3 nitrogen and oxygen atoms in total. The molecule has 1 aromatic heterocycles. The lowest BCUT2D eigenvalue weighted by Crippen LogP contribution is -2.44. The van der Waals surface area contributed by atoms with Crippen molar-refractivity contribution < 1.29 is 26.7 Å². The van der Waals surface area contributed by atoms with E-state index in [1.165, 1.54) is 7.05 Å². The molecule has 0 amide bonds. The van der Waals surface area contributed by atoms with Crippen LogP contribution in [-0.4, -0.2) is 27.7 Å². The van der Waals surface area contributed by atoms with Crippen LogP contribution in [0.3, 0.4) is 0 Å². The van der Waals surface area contributed by atoms with Crippen molar-refractivity contribution in [2.45, 2.75) is 12.1 Å². The minimum Gasteiger partial charge on any atom is -0.285 e. The Morgan fingerprint density at radius 2 is 1.87 bits per heavy atom. The van der Waals surface area contributed by atoms with Crippen LogP contribution in [0.5, 0.6) is 0 Å². The van der Waals surface area contributed by atoms with E-state index in [0.717, 1.165) is 16.9 Å². The number of halogens is 5. The van der Waals surface area contributed by atoms with Gasteiger partial charge in [-0.1, -0.05) is 0 Å². The zero-order valence-electron chi connectivity index (χ0n) is 7.35. The van der Waals surface area contributed by atoms with Crippen molar-refractivity contribution in [3.05, 3.63) is 18.0 Å². The molecular formula is C7H5F5N2O. The molecule has 0 N–H and O–H groups in total. The lowest BCUT2D eigenvalue weighted by molar-refractivity contribution is -0.255. The van der Waals surface area contributed by atoms with E-state index in [0.29, 0.717) is 0 Å². The molecule has 0 aliphatic carbocycles. The van der Waals surface area contributed by atoms with Crippen LogP contribution < -0.4 is 0 Å². The van der Waals surface area contributed by atoms with E-state index in [2.05, 4.69) is 5.10 Å². The van der Waals surface area contributed by atoms with Gasteiger partial charge in [-0.25, -0.2) is 0 Å². The highest BCUT2D eigenvalue weighted by Crippen LogP contribution is 2.37. The average molecular weight is 228 g/mol. The number of nitrogens with zero attached hydrogens (tertiary/aromatic N) is 2. The third-order valence-electron chi connectivity index (χ3n) is 1.59. The molecule has 0 bridgehead atoms. The Morgan fingerprint density at radius 1 is 1.33 bits per heavy atom. The SMILES string of the molecule is Cn1ccc(C(=O)C(F)(F)C(F)(F)F)n1. The molecule has 0 atom stereocenters. The fourth-order valence-electron chi connectivity index (χ4n) is 0.826. The monoisotopic (exact) mass is 228 g/mol. The van der Waals surface area contributed by atoms with Gasteiger partial charge < -0.3 is 0 Å². The highest BCUT2D eigenvalue weighted by Gasteiger charge is 2.63. The summed E-state index contributed by atoms with van der Waals surface area (Å²) in [5, 5.41) is 3.18. The van der Waals surface area contributed by atoms with E-state index in [4.69, 9.17) is 0 Å². The van der Waals surface area contributed by atoms with Gasteiger partial charge in [-0.2, -0.15) is 27.1 Å². The van der Waals surface area contributed by atoms with Crippen molar-refractivity contribution in [2.24, 2.45) is 7.05 Å². The van der Waals surface area contributed by atoms with Crippen LogP contribution >= 0.6 is 0 Å². The number of Topliss-reactive ketones (excluding diaryl/α,β-unsaturated/α-hetero) is 1. The Bertz CT molecular complexity index is 381. The predicted molar refractivity (Wildman–Crippen MR) is 38.5 cm³/mol. The largest absolute Gasteiger partial charge is 0.461 e. The van der Waals surface area contributed by atoms with E-state index >= 15 is 0 Å². The number of hydrogen-bond acceptors (Lipinski definition) is 2. The van der Waals surface area contributed by atoms with Crippen LogP contribution in [0.2, 0.25) is 0 Å². The molecule has 0 aromatic carbocycles. The van der Waals surface area contributed by atoms with Crippen molar-refractivity contribution >= 4 is 5.78 Å². The van der Waals surface area contributed by atoms with Crippen LogP contribution in [-0.2, 0) is 7.05 Å². The van der Waals surface area contributed by atoms with Gasteiger partial charge in [0.25, 0.3) is 5.78 Å². The smallest absolute Gasteiger partial charge is 0.285 e. The van der Waals surface area contributed by atoms with Gasteiger partial charge in [0.1, 0.15) is 5.69 Å². The molecule has 0 fully saturated rings. The fourth-order valence-corrected chi connectivity index (χ4v) is 0.826. The second-order valence-electron chi connectivity index (χ2n) is 2.78. The maximum Gasteiger partial charge on any atom is 0.461 e. The summed E-state index contributed by atoms with van der Waals surface area (Å²) in [6, 6.07) is 0.794. The Hall–Kier alpha value is -1.47. The third-order valence-corrected chi connectivity index (χ3v) is 1.59. The van der Waals surface area contributed by atoms with Gasteiger partial charge in [0.05, 0.1) is 0 Å². The molecule has 0 spiro atoms. The van der Waals surface area contributed by atoms with Gasteiger partial charge in [0.15, 0.2) is 0 Å². The summed E-state index contributed by atoms with van der Waals surface area (Å²) >= 11 is 0. The zero-order valence-corrected chi connectivity index (χ0v) is 7.35. The topological polar surface area (TPSA) is 34.9 Å². The van der Waals surface area contributed by atoms with Gasteiger partial charge in [0, 0.05) is 13.2 Å². The van der Waals surface area contributed by atoms with Gasteiger partial charge in [-0.3, -0.25) is 9.48 Å². The number of hydrogen-bond donors (Lipinski definition) is 0. The molecule has 0 unspecified atom stereocenters. The molecule has 0 aliphatic heterocycles. The van der Waals surface area contributed by atoms with Crippen molar-refractivity contribution in [1.29, 1.82) is 0 Å². The molecule has 0 saturated carbocycles. The van der Waals surface area contributed by atoms with Crippen molar-refractivity contribution in [3.8, 4) is 0 Å². The second kappa shape index (κ2) is 3.28. The molecule has 0 saturated heterocycles. The second-order valence-corrected chi connectivity index (χ2v) is 2.78. The van der Waals surface area contributed by atoms with Gasteiger partial charge in [-0.15, -0.1) is 0 Å². The zero-order chi connectivity index (χ0) is 11.9. The van der Waals surface area contributed by atoms with E-state index in [-0.39, 0.29) is 0 Å². The lowest BCUT2D eigenvalue weighted by atomic mass is 10.1. The minimum atomic E-state index is -5.90. The number of carbonyl (C=O) groups excluding carboxylic acids is 1. The van der Waals surface area contributed by atoms with E-state index in [9.17, 15) is 26.7 Å². The summed E-state index contributed by atoms with van der Waals surface area (Å²) in [4.78, 5) is 10.8. The first kappa shape index (κ1) is 11.6. The molecular weight excluding hydrogens is 223 g/mol. The predicted octanol–water partition coefficient (Wildman–Crippen LogP) is 1.80. The van der Waals surface area contributed by atoms with Crippen LogP contribution in [0, 0.1) is 0 Å². The summed E-state index contributed by atoms with van der Waals surface area (Å²) in [5.41, 5.74) is -0.917. The van der Waals surface area contributed by atoms with E-state index in [1.807, 2.05) is 0 Å². The molecule has 84 valence electrons. The molecule has 0 aliphatic rings.